The maximum atomic E-state index is 13.2. The second kappa shape index (κ2) is 13.2. The van der Waals surface area contributed by atoms with Crippen LogP contribution in [0.3, 0.4) is 0 Å². The van der Waals surface area contributed by atoms with Gasteiger partial charge in [-0.1, -0.05) is 13.8 Å². The molecular weight excluding hydrogens is 498 g/mol. The van der Waals surface area contributed by atoms with E-state index in [0.29, 0.717) is 42.6 Å². The van der Waals surface area contributed by atoms with E-state index in [1.165, 1.54) is 0 Å². The number of hydrogen-bond acceptors (Lipinski definition) is 9. The molecule has 2 N–H and O–H groups in total. The van der Waals surface area contributed by atoms with Gasteiger partial charge in [-0.05, 0) is 61.1 Å². The van der Waals surface area contributed by atoms with Crippen LogP contribution >= 0.6 is 0 Å². The Kier molecular flexibility index (Phi) is 10.3. The number of ether oxygens (including phenoxy) is 6. The van der Waals surface area contributed by atoms with Crippen molar-refractivity contribution < 1.29 is 36.8 Å². The molecule has 9 nitrogen and oxygen atoms in total. The molecule has 0 aromatic heterocycles. The molecule has 0 aliphatic carbocycles. The van der Waals surface area contributed by atoms with E-state index in [2.05, 4.69) is 0 Å². The van der Waals surface area contributed by atoms with Crippen molar-refractivity contribution >= 4 is 9.84 Å². The summed E-state index contributed by atoms with van der Waals surface area (Å²) in [5.74, 6) is 2.07. The Morgan fingerprint density at radius 2 is 1.35 bits per heavy atom. The molecule has 3 rings (SSSR count). The van der Waals surface area contributed by atoms with E-state index in [4.69, 9.17) is 34.2 Å². The maximum Gasteiger partial charge on any atom is 0.203 e. The molecule has 1 aliphatic heterocycles. The molecule has 2 atom stereocenters. The van der Waals surface area contributed by atoms with E-state index in [1.54, 1.807) is 27.4 Å². The highest BCUT2D eigenvalue weighted by Gasteiger charge is 2.32. The Labute approximate surface area is 220 Å². The van der Waals surface area contributed by atoms with Crippen LogP contribution in [0.25, 0.3) is 0 Å². The second-order valence-corrected chi connectivity index (χ2v) is 10.9. The van der Waals surface area contributed by atoms with E-state index in [-0.39, 0.29) is 35.2 Å². The first-order chi connectivity index (χ1) is 17.8. The van der Waals surface area contributed by atoms with E-state index in [1.807, 2.05) is 32.0 Å². The third-order valence-corrected chi connectivity index (χ3v) is 7.87. The van der Waals surface area contributed by atoms with Crippen LogP contribution in [-0.4, -0.2) is 55.3 Å². The molecule has 0 bridgehead atoms. The van der Waals surface area contributed by atoms with Gasteiger partial charge in [-0.2, -0.15) is 0 Å². The fraction of sp³-hybridized carbons (Fsp3) is 0.556. The van der Waals surface area contributed by atoms with Crippen molar-refractivity contribution in [3.05, 3.63) is 35.4 Å². The number of rotatable bonds is 14. The Morgan fingerprint density at radius 3 is 1.86 bits per heavy atom. The van der Waals surface area contributed by atoms with Gasteiger partial charge in [0.25, 0.3) is 0 Å². The lowest BCUT2D eigenvalue weighted by Gasteiger charge is -2.21. The average molecular weight is 538 g/mol. The van der Waals surface area contributed by atoms with Gasteiger partial charge >= 0.3 is 0 Å². The van der Waals surface area contributed by atoms with Gasteiger partial charge in [-0.3, -0.25) is 0 Å². The molecule has 2 aromatic carbocycles. The van der Waals surface area contributed by atoms with Gasteiger partial charge in [0.1, 0.15) is 4.90 Å². The fourth-order valence-electron chi connectivity index (χ4n) is 4.36. The zero-order valence-corrected chi connectivity index (χ0v) is 23.2. The normalized spacial score (nSPS) is 17.5. The van der Waals surface area contributed by atoms with Gasteiger partial charge in [0, 0.05) is 6.54 Å². The van der Waals surface area contributed by atoms with Crippen molar-refractivity contribution in [1.29, 1.82) is 0 Å². The van der Waals surface area contributed by atoms with Crippen LogP contribution in [0.1, 0.15) is 62.9 Å². The molecule has 0 spiro atoms. The van der Waals surface area contributed by atoms with E-state index >= 15 is 0 Å². The molecule has 0 radical (unpaired) electrons. The summed E-state index contributed by atoms with van der Waals surface area (Å²) < 4.78 is 61.2. The minimum Gasteiger partial charge on any atom is -0.493 e. The summed E-state index contributed by atoms with van der Waals surface area (Å²) in [7, 11) is 1.01. The zero-order chi connectivity index (χ0) is 27.0. The third kappa shape index (κ3) is 6.61. The summed E-state index contributed by atoms with van der Waals surface area (Å²) in [4.78, 5) is 0.0924. The Morgan fingerprint density at radius 1 is 0.811 bits per heavy atom. The van der Waals surface area contributed by atoms with Crippen LogP contribution in [0.5, 0.6) is 28.7 Å². The van der Waals surface area contributed by atoms with Crippen molar-refractivity contribution in [1.82, 2.24) is 0 Å². The summed E-state index contributed by atoms with van der Waals surface area (Å²) in [6.45, 7) is 4.77. The molecular formula is C27H39NO8S. The summed E-state index contributed by atoms with van der Waals surface area (Å²) in [6, 6.07) is 7.24. The SMILES string of the molecule is CCCOc1cc([C@@H]2CC[C@@H](c3cc(OC)c(OC)c(OC)c3)O2)cc(S(=O)(=O)CCN)c1OCCC. The number of benzene rings is 2. The second-order valence-electron chi connectivity index (χ2n) is 8.80. The van der Waals surface area contributed by atoms with Gasteiger partial charge in [0.15, 0.2) is 32.8 Å². The lowest BCUT2D eigenvalue weighted by molar-refractivity contribution is 0.0435. The lowest BCUT2D eigenvalue weighted by Crippen LogP contribution is -2.18. The first-order valence-electron chi connectivity index (χ1n) is 12.6. The maximum absolute atomic E-state index is 13.2. The predicted octanol–water partition coefficient (Wildman–Crippen LogP) is 4.62. The van der Waals surface area contributed by atoms with Crippen LogP contribution in [-0.2, 0) is 14.6 Å². The van der Waals surface area contributed by atoms with Crippen molar-refractivity contribution in [2.45, 2.75) is 56.6 Å². The summed E-state index contributed by atoms with van der Waals surface area (Å²) in [5.41, 5.74) is 7.24. The Hall–Kier alpha value is -2.69. The Balaban J connectivity index is 2.01. The molecule has 1 aliphatic rings. The molecule has 206 valence electrons. The highest BCUT2D eigenvalue weighted by atomic mass is 32.2. The first kappa shape index (κ1) is 28.9. The molecule has 1 fully saturated rings. The molecule has 0 amide bonds. The summed E-state index contributed by atoms with van der Waals surface area (Å²) in [5, 5.41) is 0. The van der Waals surface area contributed by atoms with E-state index < -0.39 is 9.84 Å². The van der Waals surface area contributed by atoms with Crippen LogP contribution in [0, 0.1) is 0 Å². The van der Waals surface area contributed by atoms with Crippen LogP contribution in [0.15, 0.2) is 29.2 Å². The molecule has 1 saturated heterocycles. The quantitative estimate of drug-likeness (QED) is 0.369. The lowest BCUT2D eigenvalue weighted by atomic mass is 10.0. The monoisotopic (exact) mass is 537 g/mol. The van der Waals surface area contributed by atoms with Gasteiger partial charge in [0.05, 0.1) is 52.5 Å². The van der Waals surface area contributed by atoms with Crippen molar-refractivity contribution in [2.24, 2.45) is 5.73 Å². The molecule has 0 unspecified atom stereocenters. The third-order valence-electron chi connectivity index (χ3n) is 6.13. The van der Waals surface area contributed by atoms with E-state index in [9.17, 15) is 8.42 Å². The minimum atomic E-state index is -3.69. The molecule has 37 heavy (non-hydrogen) atoms. The van der Waals surface area contributed by atoms with E-state index in [0.717, 1.165) is 30.4 Å². The molecule has 10 heteroatoms. The Bertz CT molecular complexity index is 1130. The zero-order valence-electron chi connectivity index (χ0n) is 22.4. The van der Waals surface area contributed by atoms with Crippen molar-refractivity contribution in [2.75, 3.05) is 46.8 Å². The summed E-state index contributed by atoms with van der Waals surface area (Å²) in [6.07, 6.45) is 2.35. The van der Waals surface area contributed by atoms with Crippen molar-refractivity contribution in [3.63, 3.8) is 0 Å². The van der Waals surface area contributed by atoms with Crippen LogP contribution in [0.2, 0.25) is 0 Å². The number of methoxy groups -OCH3 is 3. The highest BCUT2D eigenvalue weighted by Crippen LogP contribution is 2.48. The largest absolute Gasteiger partial charge is 0.493 e. The first-order valence-corrected chi connectivity index (χ1v) is 14.3. The molecule has 1 heterocycles. The van der Waals surface area contributed by atoms with Gasteiger partial charge in [-0.15, -0.1) is 0 Å². The smallest absolute Gasteiger partial charge is 0.203 e. The predicted molar refractivity (Wildman–Crippen MR) is 141 cm³/mol. The van der Waals surface area contributed by atoms with Crippen LogP contribution < -0.4 is 29.4 Å². The van der Waals surface area contributed by atoms with Crippen LogP contribution in [0.4, 0.5) is 0 Å². The standard InChI is InChI=1S/C27H39NO8S/c1-6-11-34-24-16-19(17-25(27(24)35-12-7-2)37(29,30)13-10-28)21-9-8-20(36-21)18-14-22(31-3)26(33-5)23(15-18)32-4/h14-17,20-21H,6-13,28H2,1-5H3/t20-,21-/m0/s1. The number of hydrogen-bond donors (Lipinski definition) is 1. The van der Waals surface area contributed by atoms with Gasteiger partial charge in [0.2, 0.25) is 5.75 Å². The van der Waals surface area contributed by atoms with Gasteiger partial charge < -0.3 is 34.2 Å². The fourth-order valence-corrected chi connectivity index (χ4v) is 5.65. The average Bonchev–Trinajstić information content (AvgIpc) is 3.40. The minimum absolute atomic E-state index is 0.00800. The number of nitrogens with two attached hydrogens (primary N) is 1. The topological polar surface area (TPSA) is 116 Å². The van der Waals surface area contributed by atoms with Gasteiger partial charge in [-0.25, -0.2) is 8.42 Å². The van der Waals surface area contributed by atoms with Crippen molar-refractivity contribution in [3.8, 4) is 28.7 Å². The summed E-state index contributed by atoms with van der Waals surface area (Å²) >= 11 is 0. The molecule has 0 saturated carbocycles. The molecule has 2 aromatic rings. The number of sulfone groups is 1. The highest BCUT2D eigenvalue weighted by molar-refractivity contribution is 7.91.